The molecule has 0 unspecified atom stereocenters. The van der Waals surface area contributed by atoms with Gasteiger partial charge in [0.25, 0.3) is 0 Å². The Bertz CT molecular complexity index is 235. The van der Waals surface area contributed by atoms with Crippen molar-refractivity contribution in [3.8, 4) is 0 Å². The molecule has 0 saturated heterocycles. The second-order valence-electron chi connectivity index (χ2n) is 2.19. The number of nitrogen functional groups attached to an aromatic ring is 1. The smallest absolute Gasteiger partial charge is 0.123 e. The van der Waals surface area contributed by atoms with Crippen molar-refractivity contribution < 1.29 is 5.11 Å². The third-order valence-electron chi connectivity index (χ3n) is 1.41. The molecule has 0 saturated carbocycles. The lowest BCUT2D eigenvalue weighted by atomic mass is 10.2. The quantitative estimate of drug-likeness (QED) is 0.592. The number of aliphatic hydroxyl groups excluding tert-OH is 1. The number of aryl methyl sites for hydroxylation is 1. The molecule has 1 heterocycles. The number of nitrogens with two attached hydrogens (primary N) is 1. The lowest BCUT2D eigenvalue weighted by Crippen LogP contribution is -1.94. The number of nitrogens with zero attached hydrogens (tertiary/aromatic N) is 1. The summed E-state index contributed by atoms with van der Waals surface area (Å²) in [4.78, 5) is 3.83. The van der Waals surface area contributed by atoms with Gasteiger partial charge in [0, 0.05) is 6.20 Å². The Balaban J connectivity index is 3.07. The molecule has 0 atom stereocenters. The second kappa shape index (κ2) is 2.66. The standard InChI is InChI=1S/C7H10N2O/c1-5-2-7(8)9-3-6(5)4-10/h2-3,10H,4H2,1H3,(H2,8,9). The van der Waals surface area contributed by atoms with Crippen LogP contribution in [-0.4, -0.2) is 10.1 Å². The molecule has 54 valence electrons. The fraction of sp³-hybridized carbons (Fsp3) is 0.286. The summed E-state index contributed by atoms with van der Waals surface area (Å²) in [6.07, 6.45) is 1.59. The Morgan fingerprint density at radius 2 is 2.40 bits per heavy atom. The van der Waals surface area contributed by atoms with E-state index in [0.717, 1.165) is 11.1 Å². The van der Waals surface area contributed by atoms with E-state index in [0.29, 0.717) is 5.82 Å². The van der Waals surface area contributed by atoms with E-state index in [-0.39, 0.29) is 6.61 Å². The first-order valence-corrected chi connectivity index (χ1v) is 3.06. The summed E-state index contributed by atoms with van der Waals surface area (Å²) in [7, 11) is 0. The van der Waals surface area contributed by atoms with Gasteiger partial charge in [0.1, 0.15) is 5.82 Å². The maximum absolute atomic E-state index is 8.73. The van der Waals surface area contributed by atoms with Crippen LogP contribution >= 0.6 is 0 Å². The van der Waals surface area contributed by atoms with E-state index < -0.39 is 0 Å². The van der Waals surface area contributed by atoms with Gasteiger partial charge in [0.15, 0.2) is 0 Å². The number of hydrogen-bond donors (Lipinski definition) is 2. The van der Waals surface area contributed by atoms with Gasteiger partial charge in [-0.3, -0.25) is 0 Å². The Kier molecular flexibility index (Phi) is 1.87. The summed E-state index contributed by atoms with van der Waals surface area (Å²) in [5.74, 6) is 0.495. The molecule has 0 aliphatic heterocycles. The zero-order valence-corrected chi connectivity index (χ0v) is 5.83. The first-order valence-electron chi connectivity index (χ1n) is 3.06. The van der Waals surface area contributed by atoms with Crippen LogP contribution in [0.3, 0.4) is 0 Å². The van der Waals surface area contributed by atoms with Crippen molar-refractivity contribution in [2.24, 2.45) is 0 Å². The fourth-order valence-corrected chi connectivity index (χ4v) is 0.772. The van der Waals surface area contributed by atoms with Crippen LogP contribution in [0.15, 0.2) is 12.3 Å². The van der Waals surface area contributed by atoms with Crippen LogP contribution in [0.2, 0.25) is 0 Å². The molecule has 0 aromatic carbocycles. The first-order chi connectivity index (χ1) is 4.74. The molecule has 0 radical (unpaired) electrons. The molecule has 0 aliphatic rings. The van der Waals surface area contributed by atoms with Crippen molar-refractivity contribution >= 4 is 5.82 Å². The molecule has 10 heavy (non-hydrogen) atoms. The molecule has 3 N–H and O–H groups in total. The highest BCUT2D eigenvalue weighted by Crippen LogP contribution is 2.08. The summed E-state index contributed by atoms with van der Waals surface area (Å²) < 4.78 is 0. The first kappa shape index (κ1) is 7.02. The van der Waals surface area contributed by atoms with Crippen molar-refractivity contribution in [1.29, 1.82) is 0 Å². The van der Waals surface area contributed by atoms with Gasteiger partial charge in [0.05, 0.1) is 6.61 Å². The Morgan fingerprint density at radius 3 is 2.90 bits per heavy atom. The van der Waals surface area contributed by atoms with Gasteiger partial charge in [-0.25, -0.2) is 4.98 Å². The van der Waals surface area contributed by atoms with E-state index in [9.17, 15) is 0 Å². The van der Waals surface area contributed by atoms with Crippen molar-refractivity contribution in [3.05, 3.63) is 23.4 Å². The van der Waals surface area contributed by atoms with Gasteiger partial charge in [-0.1, -0.05) is 0 Å². The van der Waals surface area contributed by atoms with Crippen molar-refractivity contribution in [2.75, 3.05) is 5.73 Å². The van der Waals surface area contributed by atoms with E-state index in [1.807, 2.05) is 6.92 Å². The number of hydrogen-bond acceptors (Lipinski definition) is 3. The topological polar surface area (TPSA) is 59.1 Å². The minimum atomic E-state index is 0.0269. The van der Waals surface area contributed by atoms with Gasteiger partial charge in [0.2, 0.25) is 0 Å². The molecular formula is C7H10N2O. The van der Waals surface area contributed by atoms with Gasteiger partial charge in [-0.05, 0) is 24.1 Å². The van der Waals surface area contributed by atoms with Crippen molar-refractivity contribution in [2.45, 2.75) is 13.5 Å². The third-order valence-corrected chi connectivity index (χ3v) is 1.41. The minimum Gasteiger partial charge on any atom is -0.392 e. The van der Waals surface area contributed by atoms with Crippen LogP contribution in [0.1, 0.15) is 11.1 Å². The SMILES string of the molecule is Cc1cc(N)ncc1CO. The molecule has 0 aliphatic carbocycles. The van der Waals surface area contributed by atoms with Gasteiger partial charge in [-0.15, -0.1) is 0 Å². The highest BCUT2D eigenvalue weighted by atomic mass is 16.3. The predicted molar refractivity (Wildman–Crippen MR) is 39.3 cm³/mol. The molecule has 0 amide bonds. The van der Waals surface area contributed by atoms with Crippen LogP contribution in [0.25, 0.3) is 0 Å². The van der Waals surface area contributed by atoms with E-state index in [4.69, 9.17) is 10.8 Å². The third kappa shape index (κ3) is 1.25. The average Bonchev–Trinajstić information content (AvgIpc) is 1.88. The zero-order valence-electron chi connectivity index (χ0n) is 5.83. The number of anilines is 1. The second-order valence-corrected chi connectivity index (χ2v) is 2.19. The number of aliphatic hydroxyl groups is 1. The number of pyridine rings is 1. The minimum absolute atomic E-state index is 0.0269. The van der Waals surface area contributed by atoms with E-state index in [1.165, 1.54) is 0 Å². The summed E-state index contributed by atoms with van der Waals surface area (Å²) in [6.45, 7) is 1.92. The maximum atomic E-state index is 8.73. The summed E-state index contributed by atoms with van der Waals surface area (Å²) in [5.41, 5.74) is 7.20. The van der Waals surface area contributed by atoms with Gasteiger partial charge in [-0.2, -0.15) is 0 Å². The fourth-order valence-electron chi connectivity index (χ4n) is 0.772. The molecule has 0 fully saturated rings. The number of aromatic nitrogens is 1. The molecule has 3 heteroatoms. The van der Waals surface area contributed by atoms with E-state index >= 15 is 0 Å². The number of rotatable bonds is 1. The van der Waals surface area contributed by atoms with Crippen LogP contribution in [0.4, 0.5) is 5.82 Å². The van der Waals surface area contributed by atoms with E-state index in [1.54, 1.807) is 12.3 Å². The Labute approximate surface area is 59.5 Å². The van der Waals surface area contributed by atoms with Gasteiger partial charge < -0.3 is 10.8 Å². The van der Waals surface area contributed by atoms with Crippen LogP contribution < -0.4 is 5.73 Å². The summed E-state index contributed by atoms with van der Waals surface area (Å²) in [6, 6.07) is 1.74. The Morgan fingerprint density at radius 1 is 1.70 bits per heavy atom. The van der Waals surface area contributed by atoms with E-state index in [2.05, 4.69) is 4.98 Å². The molecule has 1 aromatic rings. The molecule has 0 bridgehead atoms. The largest absolute Gasteiger partial charge is 0.392 e. The predicted octanol–water partition coefficient (Wildman–Crippen LogP) is 0.465. The van der Waals surface area contributed by atoms with Crippen LogP contribution in [0, 0.1) is 6.92 Å². The summed E-state index contributed by atoms with van der Waals surface area (Å²) >= 11 is 0. The normalized spacial score (nSPS) is 9.80. The van der Waals surface area contributed by atoms with Crippen LogP contribution in [0.5, 0.6) is 0 Å². The monoisotopic (exact) mass is 138 g/mol. The van der Waals surface area contributed by atoms with Gasteiger partial charge >= 0.3 is 0 Å². The maximum Gasteiger partial charge on any atom is 0.123 e. The molecule has 3 nitrogen and oxygen atoms in total. The molecule has 0 spiro atoms. The Hall–Kier alpha value is -1.09. The highest BCUT2D eigenvalue weighted by molar-refractivity contribution is 5.35. The van der Waals surface area contributed by atoms with Crippen LogP contribution in [-0.2, 0) is 6.61 Å². The van der Waals surface area contributed by atoms with Crippen molar-refractivity contribution in [1.82, 2.24) is 4.98 Å². The molecular weight excluding hydrogens is 128 g/mol. The average molecular weight is 138 g/mol. The summed E-state index contributed by atoms with van der Waals surface area (Å²) in [5, 5.41) is 8.73. The lowest BCUT2D eigenvalue weighted by Gasteiger charge is -2.00. The van der Waals surface area contributed by atoms with Crippen molar-refractivity contribution in [3.63, 3.8) is 0 Å². The lowest BCUT2D eigenvalue weighted by molar-refractivity contribution is 0.280. The zero-order chi connectivity index (χ0) is 7.56. The molecule has 1 rings (SSSR count). The molecule has 1 aromatic heterocycles. The highest BCUT2D eigenvalue weighted by Gasteiger charge is 1.95.